The molecular weight excluding hydrogens is 477 g/mol. The van der Waals surface area contributed by atoms with E-state index in [0.717, 1.165) is 50.9 Å². The standard InChI is InChI=1S/C23H31N3O2.HI/c1-24-22(26(2)15-18-28-21-11-7-4-8-12-21)25-19-23(13-16-27-17-14-23)20-9-5-3-6-10-20;/h3-12H,13-19H2,1-2H3,(H,24,25);1H. The number of likely N-dealkylation sites (N-methyl/N-ethyl adjacent to an activating group) is 1. The van der Waals surface area contributed by atoms with Gasteiger partial charge in [0.2, 0.25) is 0 Å². The van der Waals surface area contributed by atoms with Crippen LogP contribution in [0.15, 0.2) is 65.7 Å². The highest BCUT2D eigenvalue weighted by Crippen LogP contribution is 2.34. The van der Waals surface area contributed by atoms with Gasteiger partial charge in [-0.3, -0.25) is 4.99 Å². The first kappa shape index (κ1) is 23.5. The predicted molar refractivity (Wildman–Crippen MR) is 130 cm³/mol. The zero-order valence-corrected chi connectivity index (χ0v) is 19.7. The summed E-state index contributed by atoms with van der Waals surface area (Å²) in [6.45, 7) is 3.82. The number of aliphatic imine (C=N–C) groups is 1. The number of hydrogen-bond donors (Lipinski definition) is 1. The third-order valence-electron chi connectivity index (χ3n) is 5.43. The number of benzene rings is 2. The van der Waals surface area contributed by atoms with Crippen LogP contribution in [0.1, 0.15) is 18.4 Å². The predicted octanol–water partition coefficient (Wildman–Crippen LogP) is 3.94. The number of halogens is 1. The molecule has 0 saturated carbocycles. The van der Waals surface area contributed by atoms with Crippen molar-refractivity contribution in [2.24, 2.45) is 4.99 Å². The highest BCUT2D eigenvalue weighted by molar-refractivity contribution is 14.0. The Kier molecular flexibility index (Phi) is 9.73. The fourth-order valence-electron chi connectivity index (χ4n) is 3.68. The summed E-state index contributed by atoms with van der Waals surface area (Å²) in [6.07, 6.45) is 2.03. The highest BCUT2D eigenvalue weighted by atomic mass is 127. The van der Waals surface area contributed by atoms with E-state index < -0.39 is 0 Å². The van der Waals surface area contributed by atoms with Crippen LogP contribution in [0.5, 0.6) is 5.75 Å². The van der Waals surface area contributed by atoms with E-state index in [9.17, 15) is 0 Å². The maximum Gasteiger partial charge on any atom is 0.193 e. The summed E-state index contributed by atoms with van der Waals surface area (Å²) in [5.41, 5.74) is 1.45. The second-order valence-corrected chi connectivity index (χ2v) is 7.24. The van der Waals surface area contributed by atoms with Gasteiger partial charge in [0, 0.05) is 39.3 Å². The summed E-state index contributed by atoms with van der Waals surface area (Å²) < 4.78 is 11.5. The van der Waals surface area contributed by atoms with E-state index in [4.69, 9.17) is 9.47 Å². The Bertz CT molecular complexity index is 734. The molecule has 2 aromatic carbocycles. The van der Waals surface area contributed by atoms with E-state index in [0.29, 0.717) is 6.61 Å². The van der Waals surface area contributed by atoms with Gasteiger partial charge in [0.15, 0.2) is 5.96 Å². The maximum absolute atomic E-state index is 5.81. The minimum Gasteiger partial charge on any atom is -0.492 e. The van der Waals surface area contributed by atoms with Gasteiger partial charge in [-0.25, -0.2) is 0 Å². The summed E-state index contributed by atoms with van der Waals surface area (Å²) >= 11 is 0. The van der Waals surface area contributed by atoms with Crippen LogP contribution in [-0.2, 0) is 10.2 Å². The van der Waals surface area contributed by atoms with Crippen molar-refractivity contribution in [2.75, 3.05) is 47.0 Å². The molecule has 0 bridgehead atoms. The van der Waals surface area contributed by atoms with E-state index >= 15 is 0 Å². The number of hydrogen-bond acceptors (Lipinski definition) is 3. The normalized spacial score (nSPS) is 15.9. The summed E-state index contributed by atoms with van der Waals surface area (Å²) in [6, 6.07) is 20.7. The summed E-state index contributed by atoms with van der Waals surface area (Å²) in [7, 11) is 3.87. The highest BCUT2D eigenvalue weighted by Gasteiger charge is 2.34. The van der Waals surface area contributed by atoms with Gasteiger partial charge in [-0.05, 0) is 30.5 Å². The molecule has 1 N–H and O–H groups in total. The first-order valence-electron chi connectivity index (χ1n) is 9.96. The first-order chi connectivity index (χ1) is 13.7. The Morgan fingerprint density at radius 1 is 1.07 bits per heavy atom. The van der Waals surface area contributed by atoms with Gasteiger partial charge in [-0.2, -0.15) is 0 Å². The smallest absolute Gasteiger partial charge is 0.193 e. The lowest BCUT2D eigenvalue weighted by Gasteiger charge is -2.39. The minimum absolute atomic E-state index is 0. The van der Waals surface area contributed by atoms with Crippen LogP contribution in [-0.4, -0.2) is 57.9 Å². The molecule has 0 amide bonds. The van der Waals surface area contributed by atoms with E-state index in [1.165, 1.54) is 5.56 Å². The lowest BCUT2D eigenvalue weighted by molar-refractivity contribution is 0.0512. The average Bonchev–Trinajstić information content (AvgIpc) is 2.76. The number of nitrogens with one attached hydrogen (secondary N) is 1. The number of nitrogens with zero attached hydrogens (tertiary/aromatic N) is 2. The molecule has 1 heterocycles. The molecule has 0 atom stereocenters. The number of ether oxygens (including phenoxy) is 2. The van der Waals surface area contributed by atoms with Crippen LogP contribution in [0, 0.1) is 0 Å². The van der Waals surface area contributed by atoms with Crippen molar-refractivity contribution in [3.05, 3.63) is 66.2 Å². The van der Waals surface area contributed by atoms with Crippen molar-refractivity contribution in [3.8, 4) is 5.75 Å². The molecule has 3 rings (SSSR count). The van der Waals surface area contributed by atoms with Crippen molar-refractivity contribution >= 4 is 29.9 Å². The molecule has 1 aliphatic heterocycles. The Labute approximate surface area is 191 Å². The topological polar surface area (TPSA) is 46.1 Å². The summed E-state index contributed by atoms with van der Waals surface area (Å²) in [5.74, 6) is 1.78. The van der Waals surface area contributed by atoms with Crippen molar-refractivity contribution in [1.82, 2.24) is 10.2 Å². The molecule has 0 radical (unpaired) electrons. The largest absolute Gasteiger partial charge is 0.492 e. The van der Waals surface area contributed by atoms with Gasteiger partial charge >= 0.3 is 0 Å². The van der Waals surface area contributed by atoms with Crippen molar-refractivity contribution in [1.29, 1.82) is 0 Å². The Hall–Kier alpha value is -1.80. The Morgan fingerprint density at radius 3 is 2.31 bits per heavy atom. The van der Waals surface area contributed by atoms with Crippen molar-refractivity contribution in [3.63, 3.8) is 0 Å². The van der Waals surface area contributed by atoms with Crippen molar-refractivity contribution < 1.29 is 9.47 Å². The monoisotopic (exact) mass is 509 g/mol. The molecule has 1 saturated heterocycles. The van der Waals surface area contributed by atoms with Crippen LogP contribution in [0.3, 0.4) is 0 Å². The zero-order valence-electron chi connectivity index (χ0n) is 17.3. The third-order valence-corrected chi connectivity index (χ3v) is 5.43. The van der Waals surface area contributed by atoms with E-state index in [-0.39, 0.29) is 29.4 Å². The molecule has 0 aliphatic carbocycles. The maximum atomic E-state index is 5.81. The van der Waals surface area contributed by atoms with Crippen molar-refractivity contribution in [2.45, 2.75) is 18.3 Å². The average molecular weight is 509 g/mol. The van der Waals surface area contributed by atoms with Gasteiger partial charge in [-0.1, -0.05) is 48.5 Å². The molecule has 6 heteroatoms. The fraction of sp³-hybridized carbons (Fsp3) is 0.435. The second kappa shape index (κ2) is 12.0. The van der Waals surface area contributed by atoms with Gasteiger partial charge in [0.25, 0.3) is 0 Å². The quantitative estimate of drug-likeness (QED) is 0.349. The fourth-order valence-corrected chi connectivity index (χ4v) is 3.68. The minimum atomic E-state index is 0. The number of rotatable bonds is 7. The van der Waals surface area contributed by atoms with E-state index in [1.807, 2.05) is 44.4 Å². The molecule has 1 fully saturated rings. The molecule has 158 valence electrons. The molecule has 0 aromatic heterocycles. The van der Waals surface area contributed by atoms with Crippen LogP contribution in [0.4, 0.5) is 0 Å². The molecular formula is C23H32IN3O2. The van der Waals surface area contributed by atoms with Gasteiger partial charge in [0.05, 0.1) is 6.54 Å². The first-order valence-corrected chi connectivity index (χ1v) is 9.96. The Balaban J connectivity index is 0.00000300. The molecule has 0 unspecified atom stereocenters. The van der Waals surface area contributed by atoms with Gasteiger partial charge < -0.3 is 19.7 Å². The van der Waals surface area contributed by atoms with Gasteiger partial charge in [-0.15, -0.1) is 24.0 Å². The molecule has 5 nitrogen and oxygen atoms in total. The van der Waals surface area contributed by atoms with Crippen LogP contribution in [0.25, 0.3) is 0 Å². The summed E-state index contributed by atoms with van der Waals surface area (Å²) in [4.78, 5) is 6.58. The number of para-hydroxylation sites is 1. The SMILES string of the molecule is CN=C(NCC1(c2ccccc2)CCOCC1)N(C)CCOc1ccccc1.I. The lowest BCUT2D eigenvalue weighted by atomic mass is 9.74. The Morgan fingerprint density at radius 2 is 1.69 bits per heavy atom. The molecule has 2 aromatic rings. The van der Waals surface area contributed by atoms with Crippen LogP contribution < -0.4 is 10.1 Å². The third kappa shape index (κ3) is 6.60. The van der Waals surface area contributed by atoms with Crippen LogP contribution in [0.2, 0.25) is 0 Å². The van der Waals surface area contributed by atoms with Crippen LogP contribution >= 0.6 is 24.0 Å². The molecule has 1 aliphatic rings. The van der Waals surface area contributed by atoms with E-state index in [1.54, 1.807) is 0 Å². The van der Waals surface area contributed by atoms with Gasteiger partial charge in [0.1, 0.15) is 12.4 Å². The lowest BCUT2D eigenvalue weighted by Crippen LogP contribution is -2.49. The second-order valence-electron chi connectivity index (χ2n) is 7.24. The molecule has 29 heavy (non-hydrogen) atoms. The van der Waals surface area contributed by atoms with E-state index in [2.05, 4.69) is 45.5 Å². The zero-order chi connectivity index (χ0) is 19.7. The summed E-state index contributed by atoms with van der Waals surface area (Å²) in [5, 5.41) is 3.59. The number of guanidine groups is 1. The molecule has 0 spiro atoms.